The Morgan fingerprint density at radius 3 is 2.08 bits per heavy atom. The van der Waals surface area contributed by atoms with Gasteiger partial charge < -0.3 is 0 Å². The van der Waals surface area contributed by atoms with Gasteiger partial charge in [-0.15, -0.1) is 11.6 Å². The maximum absolute atomic E-state index is 6.15. The number of alkyl halides is 1. The van der Waals surface area contributed by atoms with Crippen LogP contribution in [-0.2, 0) is 0 Å². The molecule has 0 unspecified atom stereocenters. The van der Waals surface area contributed by atoms with Crippen molar-refractivity contribution >= 4 is 11.6 Å². The minimum Gasteiger partial charge on any atom is -0.123 e. The standard InChI is InChI=1S/C12H23Cl/c1-10(2)9-11-5-3-7-12(13)8-4-6-11/h10-12H,3-9H2,1-2H3. The fraction of sp³-hybridized carbons (Fsp3) is 1.00. The van der Waals surface area contributed by atoms with E-state index in [0.717, 1.165) is 11.8 Å². The molecule has 0 N–H and O–H groups in total. The summed E-state index contributed by atoms with van der Waals surface area (Å²) in [5.41, 5.74) is 0. The number of halogens is 1. The van der Waals surface area contributed by atoms with E-state index in [-0.39, 0.29) is 0 Å². The van der Waals surface area contributed by atoms with E-state index >= 15 is 0 Å². The van der Waals surface area contributed by atoms with Gasteiger partial charge >= 0.3 is 0 Å². The molecule has 0 amide bonds. The van der Waals surface area contributed by atoms with Gasteiger partial charge in [0.25, 0.3) is 0 Å². The Labute approximate surface area is 88.1 Å². The fourth-order valence-corrected chi connectivity index (χ4v) is 2.76. The summed E-state index contributed by atoms with van der Waals surface area (Å²) in [6, 6.07) is 0. The van der Waals surface area contributed by atoms with Gasteiger partial charge in [-0.25, -0.2) is 0 Å². The van der Waals surface area contributed by atoms with Crippen molar-refractivity contribution in [1.29, 1.82) is 0 Å². The van der Waals surface area contributed by atoms with E-state index < -0.39 is 0 Å². The van der Waals surface area contributed by atoms with E-state index in [9.17, 15) is 0 Å². The lowest BCUT2D eigenvalue weighted by molar-refractivity contribution is 0.324. The Morgan fingerprint density at radius 1 is 1.08 bits per heavy atom. The molecule has 0 radical (unpaired) electrons. The molecule has 0 nitrogen and oxygen atoms in total. The van der Waals surface area contributed by atoms with Crippen LogP contribution in [0.3, 0.4) is 0 Å². The molecule has 1 heteroatoms. The summed E-state index contributed by atoms with van der Waals surface area (Å²) in [7, 11) is 0. The summed E-state index contributed by atoms with van der Waals surface area (Å²) in [5, 5.41) is 0.472. The van der Waals surface area contributed by atoms with Crippen LogP contribution in [0.5, 0.6) is 0 Å². The molecule has 0 saturated heterocycles. The van der Waals surface area contributed by atoms with Gasteiger partial charge in [0.2, 0.25) is 0 Å². The predicted molar refractivity (Wildman–Crippen MR) is 60.3 cm³/mol. The monoisotopic (exact) mass is 202 g/mol. The first-order valence-electron chi connectivity index (χ1n) is 5.82. The topological polar surface area (TPSA) is 0 Å². The second-order valence-electron chi connectivity index (χ2n) is 4.95. The molecular weight excluding hydrogens is 180 g/mol. The molecule has 1 aliphatic rings. The van der Waals surface area contributed by atoms with E-state index in [1.165, 1.54) is 44.9 Å². The van der Waals surface area contributed by atoms with E-state index in [2.05, 4.69) is 13.8 Å². The largest absolute Gasteiger partial charge is 0.123 e. The van der Waals surface area contributed by atoms with Crippen LogP contribution in [-0.4, -0.2) is 5.38 Å². The molecule has 0 atom stereocenters. The van der Waals surface area contributed by atoms with Gasteiger partial charge in [-0.3, -0.25) is 0 Å². The summed E-state index contributed by atoms with van der Waals surface area (Å²) in [5.74, 6) is 1.86. The lowest BCUT2D eigenvalue weighted by Crippen LogP contribution is -2.11. The van der Waals surface area contributed by atoms with E-state index in [4.69, 9.17) is 11.6 Å². The number of rotatable bonds is 2. The first kappa shape index (κ1) is 11.4. The minimum absolute atomic E-state index is 0.472. The molecule has 1 fully saturated rings. The second-order valence-corrected chi connectivity index (χ2v) is 5.57. The van der Waals surface area contributed by atoms with Gasteiger partial charge in [-0.2, -0.15) is 0 Å². The molecule has 78 valence electrons. The first-order valence-corrected chi connectivity index (χ1v) is 6.26. The van der Waals surface area contributed by atoms with Crippen LogP contribution in [0.4, 0.5) is 0 Å². The Bertz CT molecular complexity index is 121. The zero-order valence-corrected chi connectivity index (χ0v) is 9.82. The van der Waals surface area contributed by atoms with Crippen molar-refractivity contribution in [2.45, 2.75) is 64.2 Å². The van der Waals surface area contributed by atoms with Gasteiger partial charge in [0.1, 0.15) is 0 Å². The third-order valence-corrected chi connectivity index (χ3v) is 3.50. The average Bonchev–Trinajstić information content (AvgIpc) is 1.99. The van der Waals surface area contributed by atoms with E-state index in [1.807, 2.05) is 0 Å². The van der Waals surface area contributed by atoms with Crippen molar-refractivity contribution in [3.05, 3.63) is 0 Å². The Kier molecular flexibility index (Phi) is 5.16. The van der Waals surface area contributed by atoms with Crippen LogP contribution in [0.1, 0.15) is 58.8 Å². The van der Waals surface area contributed by atoms with Crippen LogP contribution in [0.2, 0.25) is 0 Å². The summed E-state index contributed by atoms with van der Waals surface area (Å²) < 4.78 is 0. The molecule has 0 bridgehead atoms. The molecule has 1 saturated carbocycles. The Morgan fingerprint density at radius 2 is 1.62 bits per heavy atom. The molecule has 13 heavy (non-hydrogen) atoms. The molecule has 0 aliphatic heterocycles. The lowest BCUT2D eigenvalue weighted by atomic mass is 9.85. The van der Waals surface area contributed by atoms with Crippen molar-refractivity contribution in [2.24, 2.45) is 11.8 Å². The smallest absolute Gasteiger partial charge is 0.0336 e. The van der Waals surface area contributed by atoms with Crippen molar-refractivity contribution in [3.8, 4) is 0 Å². The van der Waals surface area contributed by atoms with E-state index in [1.54, 1.807) is 0 Å². The predicted octanol–water partition coefficient (Wildman–Crippen LogP) is 4.61. The van der Waals surface area contributed by atoms with Gasteiger partial charge in [0.05, 0.1) is 0 Å². The summed E-state index contributed by atoms with van der Waals surface area (Å²) >= 11 is 6.15. The third kappa shape index (κ3) is 4.90. The molecule has 1 aliphatic carbocycles. The Balaban J connectivity index is 2.24. The zero-order valence-electron chi connectivity index (χ0n) is 9.06. The molecular formula is C12H23Cl. The van der Waals surface area contributed by atoms with Gasteiger partial charge in [-0.05, 0) is 31.1 Å². The second kappa shape index (κ2) is 5.90. The summed E-state index contributed by atoms with van der Waals surface area (Å²) in [6.45, 7) is 4.67. The van der Waals surface area contributed by atoms with Crippen LogP contribution in [0.15, 0.2) is 0 Å². The molecule has 0 aromatic rings. The number of hydrogen-bond acceptors (Lipinski definition) is 0. The van der Waals surface area contributed by atoms with Crippen molar-refractivity contribution in [3.63, 3.8) is 0 Å². The van der Waals surface area contributed by atoms with Crippen molar-refractivity contribution in [1.82, 2.24) is 0 Å². The van der Waals surface area contributed by atoms with Crippen molar-refractivity contribution in [2.75, 3.05) is 0 Å². The van der Waals surface area contributed by atoms with Crippen LogP contribution in [0, 0.1) is 11.8 Å². The maximum atomic E-state index is 6.15. The summed E-state index contributed by atoms with van der Waals surface area (Å²) in [4.78, 5) is 0. The van der Waals surface area contributed by atoms with Crippen molar-refractivity contribution < 1.29 is 0 Å². The van der Waals surface area contributed by atoms with Crippen LogP contribution >= 0.6 is 11.6 Å². The van der Waals surface area contributed by atoms with Crippen LogP contribution in [0.25, 0.3) is 0 Å². The molecule has 0 spiro atoms. The highest BCUT2D eigenvalue weighted by molar-refractivity contribution is 6.20. The van der Waals surface area contributed by atoms with E-state index in [0.29, 0.717) is 5.38 Å². The quantitative estimate of drug-likeness (QED) is 0.574. The van der Waals surface area contributed by atoms with Crippen LogP contribution < -0.4 is 0 Å². The molecule has 0 heterocycles. The number of hydrogen-bond donors (Lipinski definition) is 0. The highest BCUT2D eigenvalue weighted by Crippen LogP contribution is 2.29. The van der Waals surface area contributed by atoms with Gasteiger partial charge in [0.15, 0.2) is 0 Å². The maximum Gasteiger partial charge on any atom is 0.0336 e. The molecule has 0 aromatic heterocycles. The first-order chi connectivity index (χ1) is 6.18. The van der Waals surface area contributed by atoms with Gasteiger partial charge in [-0.1, -0.05) is 39.5 Å². The lowest BCUT2D eigenvalue weighted by Gasteiger charge is -2.22. The fourth-order valence-electron chi connectivity index (χ4n) is 2.45. The molecule has 0 aromatic carbocycles. The third-order valence-electron chi connectivity index (χ3n) is 3.06. The molecule has 1 rings (SSSR count). The normalized spacial score (nSPS) is 31.4. The Hall–Kier alpha value is 0.290. The highest BCUT2D eigenvalue weighted by Gasteiger charge is 2.15. The summed E-state index contributed by atoms with van der Waals surface area (Å²) in [6.07, 6.45) is 9.46. The SMILES string of the molecule is CC(C)CC1CCCC(Cl)CCC1. The zero-order chi connectivity index (χ0) is 9.68. The van der Waals surface area contributed by atoms with Gasteiger partial charge in [0, 0.05) is 5.38 Å². The highest BCUT2D eigenvalue weighted by atomic mass is 35.5. The minimum atomic E-state index is 0.472. The average molecular weight is 203 g/mol.